The Hall–Kier alpha value is -2.90. The van der Waals surface area contributed by atoms with Crippen LogP contribution in [0, 0.1) is 5.92 Å². The molecule has 8 nitrogen and oxygen atoms in total. The summed E-state index contributed by atoms with van der Waals surface area (Å²) in [6.07, 6.45) is 2.51. The SMILES string of the molecule is COc1nc(OC)nc(N2CCC(C(=O)N3CCc4ccccc4C3)CC2)n1. The minimum atomic E-state index is 0.0483. The van der Waals surface area contributed by atoms with Crippen LogP contribution in [0.5, 0.6) is 12.0 Å². The molecule has 0 radical (unpaired) electrons. The molecule has 0 unspecified atom stereocenters. The molecule has 1 amide bonds. The van der Waals surface area contributed by atoms with Crippen molar-refractivity contribution in [3.63, 3.8) is 0 Å². The third kappa shape index (κ3) is 3.72. The van der Waals surface area contributed by atoms with Crippen molar-refractivity contribution in [2.45, 2.75) is 25.8 Å². The Morgan fingerprint density at radius 3 is 2.25 bits per heavy atom. The van der Waals surface area contributed by atoms with Crippen LogP contribution < -0.4 is 14.4 Å². The standard InChI is InChI=1S/C20H25N5O3/c1-27-19-21-18(22-20(23-19)28-2)24-10-8-15(9-11-24)17(26)25-12-7-14-5-3-4-6-16(14)13-25/h3-6,15H,7-13H2,1-2H3. The van der Waals surface area contributed by atoms with Crippen LogP contribution in [-0.2, 0) is 17.8 Å². The highest BCUT2D eigenvalue weighted by Crippen LogP contribution is 2.27. The van der Waals surface area contributed by atoms with Crippen LogP contribution in [0.25, 0.3) is 0 Å². The molecule has 0 bridgehead atoms. The molecule has 2 aliphatic heterocycles. The summed E-state index contributed by atoms with van der Waals surface area (Å²) in [6.45, 7) is 2.96. The lowest BCUT2D eigenvalue weighted by Crippen LogP contribution is -2.44. The van der Waals surface area contributed by atoms with Crippen molar-refractivity contribution in [2.75, 3.05) is 38.8 Å². The van der Waals surface area contributed by atoms with E-state index in [0.29, 0.717) is 5.95 Å². The number of ether oxygens (including phenoxy) is 2. The number of methoxy groups -OCH3 is 2. The molecular formula is C20H25N5O3. The number of carbonyl (C=O) groups excluding carboxylic acids is 1. The molecule has 1 aromatic heterocycles. The predicted octanol–water partition coefficient (Wildman–Crippen LogP) is 1.69. The van der Waals surface area contributed by atoms with Gasteiger partial charge in [-0.05, 0) is 30.4 Å². The maximum absolute atomic E-state index is 13.0. The highest BCUT2D eigenvalue weighted by molar-refractivity contribution is 5.79. The van der Waals surface area contributed by atoms with Gasteiger partial charge in [0.05, 0.1) is 14.2 Å². The van der Waals surface area contributed by atoms with Crippen molar-refractivity contribution < 1.29 is 14.3 Å². The number of rotatable bonds is 4. The molecule has 1 saturated heterocycles. The van der Waals surface area contributed by atoms with Crippen LogP contribution in [0.3, 0.4) is 0 Å². The van der Waals surface area contributed by atoms with Crippen LogP contribution in [0.2, 0.25) is 0 Å². The van der Waals surface area contributed by atoms with Gasteiger partial charge in [-0.15, -0.1) is 4.98 Å². The molecule has 148 valence electrons. The van der Waals surface area contributed by atoms with Gasteiger partial charge in [0.15, 0.2) is 0 Å². The second-order valence-electron chi connectivity index (χ2n) is 7.15. The number of hydrogen-bond acceptors (Lipinski definition) is 7. The van der Waals surface area contributed by atoms with Gasteiger partial charge < -0.3 is 19.3 Å². The van der Waals surface area contributed by atoms with E-state index in [0.717, 1.165) is 45.4 Å². The number of fused-ring (bicyclic) bond motifs is 1. The molecular weight excluding hydrogens is 358 g/mol. The van der Waals surface area contributed by atoms with Crippen LogP contribution in [-0.4, -0.2) is 59.6 Å². The second-order valence-corrected chi connectivity index (χ2v) is 7.15. The number of piperidine rings is 1. The minimum absolute atomic E-state index is 0.0483. The molecule has 2 aromatic rings. The fourth-order valence-corrected chi connectivity index (χ4v) is 3.92. The second kappa shape index (κ2) is 8.00. The van der Waals surface area contributed by atoms with Gasteiger partial charge >= 0.3 is 12.0 Å². The molecule has 0 spiro atoms. The van der Waals surface area contributed by atoms with Crippen LogP contribution >= 0.6 is 0 Å². The molecule has 2 aliphatic rings. The number of carbonyl (C=O) groups is 1. The van der Waals surface area contributed by atoms with Crippen molar-refractivity contribution >= 4 is 11.9 Å². The number of anilines is 1. The van der Waals surface area contributed by atoms with Gasteiger partial charge in [-0.2, -0.15) is 9.97 Å². The van der Waals surface area contributed by atoms with Gasteiger partial charge in [0.1, 0.15) is 0 Å². The van der Waals surface area contributed by atoms with E-state index in [1.165, 1.54) is 25.3 Å². The van der Waals surface area contributed by atoms with Crippen molar-refractivity contribution in [1.29, 1.82) is 0 Å². The van der Waals surface area contributed by atoms with E-state index in [1.54, 1.807) is 0 Å². The van der Waals surface area contributed by atoms with Crippen molar-refractivity contribution in [3.8, 4) is 12.0 Å². The minimum Gasteiger partial charge on any atom is -0.467 e. The van der Waals surface area contributed by atoms with E-state index in [-0.39, 0.29) is 23.8 Å². The summed E-state index contributed by atoms with van der Waals surface area (Å²) in [6, 6.07) is 8.85. The molecule has 1 aromatic carbocycles. The third-order valence-corrected chi connectivity index (χ3v) is 5.52. The van der Waals surface area contributed by atoms with E-state index >= 15 is 0 Å². The van der Waals surface area contributed by atoms with Gasteiger partial charge in [-0.3, -0.25) is 4.79 Å². The summed E-state index contributed by atoms with van der Waals surface area (Å²) in [5.41, 5.74) is 2.63. The topological polar surface area (TPSA) is 80.7 Å². The fraction of sp³-hybridized carbons (Fsp3) is 0.500. The molecule has 8 heteroatoms. The van der Waals surface area contributed by atoms with E-state index in [4.69, 9.17) is 9.47 Å². The molecule has 1 fully saturated rings. The highest BCUT2D eigenvalue weighted by atomic mass is 16.5. The molecule has 4 rings (SSSR count). The first-order valence-electron chi connectivity index (χ1n) is 9.62. The average molecular weight is 383 g/mol. The van der Waals surface area contributed by atoms with Crippen molar-refractivity contribution in [2.24, 2.45) is 5.92 Å². The predicted molar refractivity (Wildman–Crippen MR) is 103 cm³/mol. The monoisotopic (exact) mass is 383 g/mol. The Kier molecular flexibility index (Phi) is 5.27. The molecule has 0 N–H and O–H groups in total. The van der Waals surface area contributed by atoms with E-state index in [1.807, 2.05) is 11.0 Å². The zero-order valence-electron chi connectivity index (χ0n) is 16.3. The smallest absolute Gasteiger partial charge is 0.324 e. The van der Waals surface area contributed by atoms with Gasteiger partial charge in [-0.25, -0.2) is 0 Å². The van der Waals surface area contributed by atoms with Gasteiger partial charge in [-0.1, -0.05) is 24.3 Å². The Balaban J connectivity index is 1.39. The fourth-order valence-electron chi connectivity index (χ4n) is 3.92. The molecule has 0 atom stereocenters. The maximum atomic E-state index is 13.0. The normalized spacial score (nSPS) is 17.2. The number of benzene rings is 1. The van der Waals surface area contributed by atoms with E-state index in [9.17, 15) is 4.79 Å². The summed E-state index contributed by atoms with van der Waals surface area (Å²) in [5.74, 6) is 0.841. The first kappa shape index (κ1) is 18.5. The van der Waals surface area contributed by atoms with Crippen molar-refractivity contribution in [1.82, 2.24) is 19.9 Å². The number of hydrogen-bond donors (Lipinski definition) is 0. The largest absolute Gasteiger partial charge is 0.467 e. The Morgan fingerprint density at radius 1 is 0.964 bits per heavy atom. The molecule has 0 aliphatic carbocycles. The lowest BCUT2D eigenvalue weighted by molar-refractivity contribution is -0.137. The summed E-state index contributed by atoms with van der Waals surface area (Å²) >= 11 is 0. The Bertz CT molecular complexity index is 829. The van der Waals surface area contributed by atoms with Gasteiger partial charge in [0.2, 0.25) is 11.9 Å². The number of nitrogens with zero attached hydrogens (tertiary/aromatic N) is 5. The summed E-state index contributed by atoms with van der Waals surface area (Å²) in [7, 11) is 3.03. The van der Waals surface area contributed by atoms with Crippen LogP contribution in [0.4, 0.5) is 5.95 Å². The number of amides is 1. The third-order valence-electron chi connectivity index (χ3n) is 5.52. The summed E-state index contributed by atoms with van der Waals surface area (Å²) in [5, 5.41) is 0. The van der Waals surface area contributed by atoms with Crippen molar-refractivity contribution in [3.05, 3.63) is 35.4 Å². The van der Waals surface area contributed by atoms with Crippen LogP contribution in [0.15, 0.2) is 24.3 Å². The first-order chi connectivity index (χ1) is 13.7. The Morgan fingerprint density at radius 2 is 1.61 bits per heavy atom. The van der Waals surface area contributed by atoms with Crippen LogP contribution in [0.1, 0.15) is 24.0 Å². The summed E-state index contributed by atoms with van der Waals surface area (Å²) in [4.78, 5) is 29.8. The molecule has 3 heterocycles. The van der Waals surface area contributed by atoms with Gasteiger partial charge in [0, 0.05) is 32.1 Å². The zero-order chi connectivity index (χ0) is 19.5. The first-order valence-corrected chi connectivity index (χ1v) is 9.62. The number of aromatic nitrogens is 3. The molecule has 28 heavy (non-hydrogen) atoms. The summed E-state index contributed by atoms with van der Waals surface area (Å²) < 4.78 is 10.3. The average Bonchev–Trinajstić information content (AvgIpc) is 2.78. The molecule has 0 saturated carbocycles. The maximum Gasteiger partial charge on any atom is 0.324 e. The quantitative estimate of drug-likeness (QED) is 0.795. The highest BCUT2D eigenvalue weighted by Gasteiger charge is 2.31. The lowest BCUT2D eigenvalue weighted by atomic mass is 9.93. The zero-order valence-corrected chi connectivity index (χ0v) is 16.3. The van der Waals surface area contributed by atoms with Gasteiger partial charge in [0.25, 0.3) is 0 Å². The Labute approximate surface area is 164 Å². The van der Waals surface area contributed by atoms with E-state index in [2.05, 4.69) is 38.1 Å². The van der Waals surface area contributed by atoms with E-state index < -0.39 is 0 Å². The lowest BCUT2D eigenvalue weighted by Gasteiger charge is -2.36.